The molecule has 0 aromatic heterocycles. The monoisotopic (exact) mass is 331 g/mol. The molecule has 1 atom stereocenters. The fraction of sp³-hybridized carbons (Fsp3) is 0.143. The number of hydrogen-bond donors (Lipinski definition) is 1. The fourth-order valence-electron chi connectivity index (χ4n) is 3.14. The van der Waals surface area contributed by atoms with E-state index in [1.807, 2.05) is 49.4 Å². The first-order valence-electron chi connectivity index (χ1n) is 8.22. The first kappa shape index (κ1) is 15.4. The van der Waals surface area contributed by atoms with Gasteiger partial charge < -0.3 is 10.1 Å². The van der Waals surface area contributed by atoms with Crippen LogP contribution >= 0.6 is 0 Å². The zero-order valence-corrected chi connectivity index (χ0v) is 13.8. The molecule has 0 unspecified atom stereocenters. The summed E-state index contributed by atoms with van der Waals surface area (Å²) in [6.45, 7) is 1.80. The van der Waals surface area contributed by atoms with Crippen LogP contribution in [0.4, 0.5) is 5.69 Å². The Bertz CT molecular complexity index is 988. The quantitative estimate of drug-likeness (QED) is 0.731. The second-order valence-electron chi connectivity index (χ2n) is 6.20. The van der Waals surface area contributed by atoms with Gasteiger partial charge in [0.1, 0.15) is 5.75 Å². The van der Waals surface area contributed by atoms with Crippen molar-refractivity contribution in [1.82, 2.24) is 0 Å². The number of nitrogens with one attached hydrogen (secondary N) is 1. The molecule has 4 heteroatoms. The smallest absolute Gasteiger partial charge is 0.231 e. The van der Waals surface area contributed by atoms with Gasteiger partial charge in [-0.2, -0.15) is 0 Å². The number of carbonyl (C=O) groups excluding carboxylic acids is 2. The maximum absolute atomic E-state index is 12.5. The number of fused-ring (bicyclic) bond motifs is 2. The summed E-state index contributed by atoms with van der Waals surface area (Å²) < 4.78 is 5.77. The highest BCUT2D eigenvalue weighted by Crippen LogP contribution is 2.33. The van der Waals surface area contributed by atoms with Gasteiger partial charge in [-0.25, -0.2) is 0 Å². The lowest BCUT2D eigenvalue weighted by Gasteiger charge is -2.10. The van der Waals surface area contributed by atoms with Gasteiger partial charge in [-0.15, -0.1) is 0 Å². The number of benzene rings is 3. The predicted octanol–water partition coefficient (Wildman–Crippen LogP) is 4.16. The largest absolute Gasteiger partial charge is 0.485 e. The van der Waals surface area contributed by atoms with E-state index < -0.39 is 0 Å². The average molecular weight is 331 g/mol. The molecule has 1 aliphatic rings. The SMILES string of the molecule is C[C@@H]1C(=O)Nc2ccc(C(=O)COc3cccc4ccccc34)cc21. The summed E-state index contributed by atoms with van der Waals surface area (Å²) in [6.07, 6.45) is 0. The molecule has 25 heavy (non-hydrogen) atoms. The Balaban J connectivity index is 1.54. The molecule has 124 valence electrons. The second kappa shape index (κ2) is 6.06. The van der Waals surface area contributed by atoms with E-state index in [-0.39, 0.29) is 24.2 Å². The molecule has 3 aromatic rings. The molecular formula is C21H17NO3. The van der Waals surface area contributed by atoms with Crippen LogP contribution in [0.2, 0.25) is 0 Å². The highest BCUT2D eigenvalue weighted by atomic mass is 16.5. The van der Waals surface area contributed by atoms with E-state index in [2.05, 4.69) is 5.32 Å². The van der Waals surface area contributed by atoms with Gasteiger partial charge in [-0.05, 0) is 42.1 Å². The van der Waals surface area contributed by atoms with Crippen LogP contribution in [0.15, 0.2) is 60.7 Å². The molecule has 1 heterocycles. The number of amides is 1. The fourth-order valence-corrected chi connectivity index (χ4v) is 3.14. The van der Waals surface area contributed by atoms with Crippen molar-refractivity contribution in [2.45, 2.75) is 12.8 Å². The summed E-state index contributed by atoms with van der Waals surface area (Å²) >= 11 is 0. The maximum atomic E-state index is 12.5. The Morgan fingerprint density at radius 1 is 1.08 bits per heavy atom. The van der Waals surface area contributed by atoms with Crippen molar-refractivity contribution in [2.75, 3.05) is 11.9 Å². The number of anilines is 1. The first-order valence-corrected chi connectivity index (χ1v) is 8.22. The number of ether oxygens (including phenoxy) is 1. The molecule has 0 fully saturated rings. The van der Waals surface area contributed by atoms with Crippen LogP contribution in [0.5, 0.6) is 5.75 Å². The molecule has 4 nitrogen and oxygen atoms in total. The first-order chi connectivity index (χ1) is 12.1. The molecule has 0 aliphatic carbocycles. The summed E-state index contributed by atoms with van der Waals surface area (Å²) in [5.41, 5.74) is 2.20. The molecule has 3 aromatic carbocycles. The lowest BCUT2D eigenvalue weighted by atomic mass is 9.99. The normalized spacial score (nSPS) is 15.7. The van der Waals surface area contributed by atoms with Crippen molar-refractivity contribution < 1.29 is 14.3 Å². The summed E-state index contributed by atoms with van der Waals surface area (Å²) in [4.78, 5) is 24.2. The van der Waals surface area contributed by atoms with E-state index in [0.29, 0.717) is 11.3 Å². The lowest BCUT2D eigenvalue weighted by Crippen LogP contribution is -2.12. The Morgan fingerprint density at radius 2 is 1.88 bits per heavy atom. The summed E-state index contributed by atoms with van der Waals surface area (Å²) in [5.74, 6) is 0.313. The Hall–Kier alpha value is -3.14. The zero-order valence-electron chi connectivity index (χ0n) is 13.8. The highest BCUT2D eigenvalue weighted by molar-refractivity contribution is 6.05. The standard InChI is InChI=1S/C21H17NO3/c1-13-17-11-15(9-10-18(17)22-21(13)24)19(23)12-25-20-8-4-6-14-5-2-3-7-16(14)20/h2-11,13H,12H2,1H3,(H,22,24)/t13-/m0/s1. The Labute approximate surface area is 145 Å². The van der Waals surface area contributed by atoms with Crippen molar-refractivity contribution in [2.24, 2.45) is 0 Å². The van der Waals surface area contributed by atoms with Crippen LogP contribution in [-0.2, 0) is 4.79 Å². The molecule has 1 N–H and O–H groups in total. The number of carbonyl (C=O) groups is 2. The Morgan fingerprint density at radius 3 is 2.76 bits per heavy atom. The van der Waals surface area contributed by atoms with E-state index >= 15 is 0 Å². The Kier molecular flexibility index (Phi) is 3.73. The van der Waals surface area contributed by atoms with Crippen LogP contribution < -0.4 is 10.1 Å². The van der Waals surface area contributed by atoms with Gasteiger partial charge in [-0.1, -0.05) is 36.4 Å². The molecule has 1 aliphatic heterocycles. The van der Waals surface area contributed by atoms with E-state index in [4.69, 9.17) is 4.74 Å². The number of hydrogen-bond acceptors (Lipinski definition) is 3. The third kappa shape index (κ3) is 2.76. The van der Waals surface area contributed by atoms with Crippen molar-refractivity contribution >= 4 is 28.2 Å². The minimum absolute atomic E-state index is 0.0356. The molecule has 4 rings (SSSR count). The summed E-state index contributed by atoms with van der Waals surface area (Å²) in [5, 5.41) is 4.86. The molecule has 0 spiro atoms. The van der Waals surface area contributed by atoms with E-state index in [1.54, 1.807) is 18.2 Å². The van der Waals surface area contributed by atoms with Crippen LogP contribution in [0, 0.1) is 0 Å². The summed E-state index contributed by atoms with van der Waals surface area (Å²) in [7, 11) is 0. The van der Waals surface area contributed by atoms with Crippen LogP contribution in [0.25, 0.3) is 10.8 Å². The van der Waals surface area contributed by atoms with E-state index in [1.165, 1.54) is 0 Å². The van der Waals surface area contributed by atoms with Gasteiger partial charge in [0.05, 0.1) is 5.92 Å². The second-order valence-corrected chi connectivity index (χ2v) is 6.20. The average Bonchev–Trinajstić information content (AvgIpc) is 2.93. The van der Waals surface area contributed by atoms with Crippen LogP contribution in [0.1, 0.15) is 28.8 Å². The van der Waals surface area contributed by atoms with Gasteiger partial charge >= 0.3 is 0 Å². The molecule has 0 radical (unpaired) electrons. The molecular weight excluding hydrogens is 314 g/mol. The van der Waals surface area contributed by atoms with Crippen molar-refractivity contribution in [3.05, 3.63) is 71.8 Å². The number of rotatable bonds is 4. The van der Waals surface area contributed by atoms with E-state index in [0.717, 1.165) is 22.0 Å². The number of ketones is 1. The third-order valence-electron chi connectivity index (χ3n) is 4.60. The zero-order chi connectivity index (χ0) is 17.4. The minimum Gasteiger partial charge on any atom is -0.485 e. The third-order valence-corrected chi connectivity index (χ3v) is 4.60. The van der Waals surface area contributed by atoms with Crippen molar-refractivity contribution in [3.63, 3.8) is 0 Å². The van der Waals surface area contributed by atoms with Crippen LogP contribution in [0.3, 0.4) is 0 Å². The lowest BCUT2D eigenvalue weighted by molar-refractivity contribution is -0.116. The van der Waals surface area contributed by atoms with Gasteiger partial charge in [0.2, 0.25) is 5.91 Å². The van der Waals surface area contributed by atoms with Crippen molar-refractivity contribution in [1.29, 1.82) is 0 Å². The molecule has 1 amide bonds. The van der Waals surface area contributed by atoms with E-state index in [9.17, 15) is 9.59 Å². The molecule has 0 bridgehead atoms. The molecule has 0 saturated carbocycles. The highest BCUT2D eigenvalue weighted by Gasteiger charge is 2.27. The van der Waals surface area contributed by atoms with Gasteiger partial charge in [0.25, 0.3) is 0 Å². The van der Waals surface area contributed by atoms with Crippen molar-refractivity contribution in [3.8, 4) is 5.75 Å². The minimum atomic E-state index is -0.235. The van der Waals surface area contributed by atoms with Gasteiger partial charge in [0.15, 0.2) is 12.4 Å². The molecule has 0 saturated heterocycles. The van der Waals surface area contributed by atoms with Gasteiger partial charge in [0, 0.05) is 16.6 Å². The predicted molar refractivity (Wildman–Crippen MR) is 97.3 cm³/mol. The number of Topliss-reactive ketones (excluding diaryl/α,β-unsaturated/α-hetero) is 1. The maximum Gasteiger partial charge on any atom is 0.231 e. The summed E-state index contributed by atoms with van der Waals surface area (Å²) in [6, 6.07) is 19.0. The van der Waals surface area contributed by atoms with Crippen LogP contribution in [-0.4, -0.2) is 18.3 Å². The van der Waals surface area contributed by atoms with Gasteiger partial charge in [-0.3, -0.25) is 9.59 Å². The topological polar surface area (TPSA) is 55.4 Å².